The predicted octanol–water partition coefficient (Wildman–Crippen LogP) is 5.73. The summed E-state index contributed by atoms with van der Waals surface area (Å²) in [6, 6.07) is 16.1. The number of nitrogens with zero attached hydrogens (tertiary/aromatic N) is 3. The minimum atomic E-state index is -4.61. The highest BCUT2D eigenvalue weighted by Crippen LogP contribution is 2.47. The van der Waals surface area contributed by atoms with Crippen molar-refractivity contribution in [1.29, 1.82) is 0 Å². The Hall–Kier alpha value is -4.98. The number of amides is 4. The van der Waals surface area contributed by atoms with Gasteiger partial charge in [0.1, 0.15) is 18.0 Å². The molecule has 3 heterocycles. The maximum atomic E-state index is 14.4. The highest BCUT2D eigenvalue weighted by molar-refractivity contribution is 6.06. The van der Waals surface area contributed by atoms with Crippen molar-refractivity contribution < 1.29 is 37.1 Å². The first kappa shape index (κ1) is 37.8. The van der Waals surface area contributed by atoms with E-state index in [1.54, 1.807) is 76.5 Å². The molecule has 0 saturated carbocycles. The van der Waals surface area contributed by atoms with Crippen molar-refractivity contribution in [3.8, 4) is 0 Å². The number of piperidine rings is 1. The Bertz CT molecular complexity index is 1900. The second-order valence-electron chi connectivity index (χ2n) is 15.4. The zero-order chi connectivity index (χ0) is 38.2. The van der Waals surface area contributed by atoms with Crippen LogP contribution in [-0.2, 0) is 50.5 Å². The van der Waals surface area contributed by atoms with Crippen LogP contribution in [0.1, 0.15) is 67.9 Å². The molecule has 1 saturated heterocycles. The van der Waals surface area contributed by atoms with E-state index in [0.29, 0.717) is 35.5 Å². The van der Waals surface area contributed by atoms with Crippen molar-refractivity contribution >= 4 is 35.3 Å². The zero-order valence-electron chi connectivity index (χ0n) is 30.4. The second-order valence-corrected chi connectivity index (χ2v) is 15.4. The Balaban J connectivity index is 1.25. The molecule has 11 nitrogen and oxygen atoms in total. The van der Waals surface area contributed by atoms with Gasteiger partial charge in [0.25, 0.3) is 0 Å². The van der Waals surface area contributed by atoms with Gasteiger partial charge in [0.05, 0.1) is 17.3 Å². The van der Waals surface area contributed by atoms with Crippen LogP contribution in [0.4, 0.5) is 29.5 Å². The summed E-state index contributed by atoms with van der Waals surface area (Å²) in [4.78, 5) is 61.0. The lowest BCUT2D eigenvalue weighted by Gasteiger charge is -2.40. The minimum absolute atomic E-state index is 0.0364. The lowest BCUT2D eigenvalue weighted by atomic mass is 9.74. The van der Waals surface area contributed by atoms with Gasteiger partial charge >= 0.3 is 12.3 Å². The molecule has 1 spiro atoms. The summed E-state index contributed by atoms with van der Waals surface area (Å²) in [5.74, 6) is -0.931. The number of ether oxygens (including phenoxy) is 1. The molecule has 0 unspecified atom stereocenters. The monoisotopic (exact) mass is 734 g/mol. The van der Waals surface area contributed by atoms with Gasteiger partial charge in [-0.3, -0.25) is 14.4 Å². The maximum absolute atomic E-state index is 14.4. The summed E-state index contributed by atoms with van der Waals surface area (Å²) in [5.41, 5.74) is 1.05. The molecule has 1 aliphatic carbocycles. The number of carbonyl (C=O) groups is 4. The molecule has 3 aromatic rings. The number of hydrogen-bond donors (Lipinski definition) is 3. The third-order valence-electron chi connectivity index (χ3n) is 10.2. The molecule has 2 aliphatic heterocycles. The van der Waals surface area contributed by atoms with Gasteiger partial charge in [-0.15, -0.1) is 0 Å². The van der Waals surface area contributed by atoms with Gasteiger partial charge < -0.3 is 30.5 Å². The van der Waals surface area contributed by atoms with Crippen molar-refractivity contribution in [1.82, 2.24) is 20.1 Å². The number of halogens is 3. The van der Waals surface area contributed by atoms with Gasteiger partial charge in [-0.1, -0.05) is 36.4 Å². The summed E-state index contributed by atoms with van der Waals surface area (Å²) in [6.45, 7) is 5.15. The third kappa shape index (κ3) is 8.32. The standard InChI is InChI=1S/C39H45F3N6O5/c1-36(2,3)53-35(52)47(4)21-26-8-5-6-9-27(26)22-48(34(51)37(24-39(40,41)42)13-16-43-17-14-37)23-31(49)45-29-12-11-25-19-38(20-28(25)18-29)30-10-7-15-44-32(30)46-33(38)50/h5-12,15,18,43H,13-14,16-17,19-24H2,1-4H3,(H,45,49)(H,44,46,50)/t38-/m1/s1. The number of rotatable bonds is 9. The van der Waals surface area contributed by atoms with Crippen LogP contribution in [0, 0.1) is 5.41 Å². The SMILES string of the molecule is CN(Cc1ccccc1CN(CC(=O)Nc1ccc2c(c1)C[C@@]1(C2)C(=O)Nc2ncccc21)C(=O)C1(CC(F)(F)F)CCNCC1)C(=O)OC(C)(C)C. The Morgan fingerprint density at radius 1 is 0.943 bits per heavy atom. The number of alkyl halides is 3. The third-order valence-corrected chi connectivity index (χ3v) is 10.2. The van der Waals surface area contributed by atoms with Crippen LogP contribution in [0.3, 0.4) is 0 Å². The average Bonchev–Trinajstić information content (AvgIpc) is 3.60. The fraction of sp³-hybridized carbons (Fsp3) is 0.462. The molecule has 53 heavy (non-hydrogen) atoms. The van der Waals surface area contributed by atoms with Crippen LogP contribution in [0.2, 0.25) is 0 Å². The van der Waals surface area contributed by atoms with Crippen LogP contribution in [-0.4, -0.2) is 77.1 Å². The number of benzene rings is 2. The van der Waals surface area contributed by atoms with E-state index in [1.165, 1.54) is 9.80 Å². The van der Waals surface area contributed by atoms with Crippen molar-refractivity contribution in [2.75, 3.05) is 37.3 Å². The molecule has 6 rings (SSSR count). The molecule has 1 aromatic heterocycles. The van der Waals surface area contributed by atoms with Crippen LogP contribution in [0.5, 0.6) is 0 Å². The molecule has 1 atom stereocenters. The van der Waals surface area contributed by atoms with Crippen LogP contribution in [0.15, 0.2) is 60.8 Å². The first-order chi connectivity index (χ1) is 25.0. The van der Waals surface area contributed by atoms with Crippen LogP contribution >= 0.6 is 0 Å². The van der Waals surface area contributed by atoms with E-state index in [-0.39, 0.29) is 44.9 Å². The van der Waals surface area contributed by atoms with Gasteiger partial charge in [-0.25, -0.2) is 9.78 Å². The molecule has 282 valence electrons. The number of hydrogen-bond acceptors (Lipinski definition) is 7. The fourth-order valence-corrected chi connectivity index (χ4v) is 7.74. The molecule has 3 N–H and O–H groups in total. The predicted molar refractivity (Wildman–Crippen MR) is 192 cm³/mol. The van der Waals surface area contributed by atoms with E-state index in [9.17, 15) is 32.3 Å². The van der Waals surface area contributed by atoms with Crippen LogP contribution < -0.4 is 16.0 Å². The largest absolute Gasteiger partial charge is 0.444 e. The maximum Gasteiger partial charge on any atom is 0.410 e. The molecule has 3 aliphatic rings. The van der Waals surface area contributed by atoms with Crippen molar-refractivity contribution in [3.05, 3.63) is 88.6 Å². The Morgan fingerprint density at radius 2 is 1.62 bits per heavy atom. The van der Waals surface area contributed by atoms with E-state index >= 15 is 0 Å². The molecule has 0 radical (unpaired) electrons. The summed E-state index contributed by atoms with van der Waals surface area (Å²) < 4.78 is 47.7. The van der Waals surface area contributed by atoms with Crippen molar-refractivity contribution in [2.45, 2.75) is 83.2 Å². The topological polar surface area (TPSA) is 133 Å². The quantitative estimate of drug-likeness (QED) is 0.256. The number of fused-ring (bicyclic) bond motifs is 3. The summed E-state index contributed by atoms with van der Waals surface area (Å²) in [5, 5.41) is 8.78. The molecule has 14 heteroatoms. The van der Waals surface area contributed by atoms with E-state index < -0.39 is 53.5 Å². The first-order valence-corrected chi connectivity index (χ1v) is 17.7. The Kier molecular flexibility index (Phi) is 10.3. The van der Waals surface area contributed by atoms with Crippen molar-refractivity contribution in [2.24, 2.45) is 5.41 Å². The van der Waals surface area contributed by atoms with Gasteiger partial charge in [0.15, 0.2) is 0 Å². The lowest BCUT2D eigenvalue weighted by Crippen LogP contribution is -2.52. The molecule has 0 bridgehead atoms. The lowest BCUT2D eigenvalue weighted by molar-refractivity contribution is -0.178. The highest BCUT2D eigenvalue weighted by Gasteiger charge is 2.52. The average molecular weight is 735 g/mol. The number of nitrogens with one attached hydrogen (secondary N) is 3. The molecule has 1 fully saturated rings. The zero-order valence-corrected chi connectivity index (χ0v) is 30.4. The number of carbonyl (C=O) groups excluding carboxylic acids is 4. The Labute approximate surface area is 306 Å². The second kappa shape index (κ2) is 14.4. The molecular formula is C39H45F3N6O5. The summed E-state index contributed by atoms with van der Waals surface area (Å²) in [6.07, 6.45) is -4.04. The normalized spacial score (nSPS) is 18.9. The van der Waals surface area contributed by atoms with Crippen molar-refractivity contribution in [3.63, 3.8) is 0 Å². The fourth-order valence-electron chi connectivity index (χ4n) is 7.74. The number of anilines is 2. The molecule has 2 aromatic carbocycles. The van der Waals surface area contributed by atoms with E-state index in [0.717, 1.165) is 16.7 Å². The van der Waals surface area contributed by atoms with E-state index in [1.807, 2.05) is 12.1 Å². The van der Waals surface area contributed by atoms with E-state index in [4.69, 9.17) is 4.74 Å². The van der Waals surface area contributed by atoms with Gasteiger partial charge in [-0.2, -0.15) is 13.2 Å². The summed E-state index contributed by atoms with van der Waals surface area (Å²) >= 11 is 0. The number of aromatic nitrogens is 1. The van der Waals surface area contributed by atoms with Gasteiger partial charge in [0, 0.05) is 37.6 Å². The minimum Gasteiger partial charge on any atom is -0.444 e. The smallest absolute Gasteiger partial charge is 0.410 e. The van der Waals surface area contributed by atoms with Gasteiger partial charge in [-0.05, 0) is 100.0 Å². The molecule has 4 amide bonds. The Morgan fingerprint density at radius 3 is 2.30 bits per heavy atom. The molecular weight excluding hydrogens is 689 g/mol. The number of pyridine rings is 1. The highest BCUT2D eigenvalue weighted by atomic mass is 19.4. The summed E-state index contributed by atoms with van der Waals surface area (Å²) in [7, 11) is 1.57. The van der Waals surface area contributed by atoms with Crippen LogP contribution in [0.25, 0.3) is 0 Å². The van der Waals surface area contributed by atoms with E-state index in [2.05, 4.69) is 20.9 Å². The first-order valence-electron chi connectivity index (χ1n) is 17.7. The van der Waals surface area contributed by atoms with Gasteiger partial charge in [0.2, 0.25) is 17.7 Å².